The van der Waals surface area contributed by atoms with Crippen molar-refractivity contribution in [2.75, 3.05) is 4.90 Å². The van der Waals surface area contributed by atoms with E-state index in [0.29, 0.717) is 27.1 Å². The number of aliphatic hydroxyl groups is 1. The Morgan fingerprint density at radius 2 is 1.85 bits per heavy atom. The first-order chi connectivity index (χ1) is 16.3. The van der Waals surface area contributed by atoms with Crippen molar-refractivity contribution in [1.82, 2.24) is 4.98 Å². The molecule has 4 aromatic rings. The van der Waals surface area contributed by atoms with Crippen LogP contribution in [0.5, 0.6) is 0 Å². The normalized spacial score (nSPS) is 16.0. The number of hydrogen-bond donors (Lipinski definition) is 1. The van der Waals surface area contributed by atoms with Crippen LogP contribution < -0.4 is 4.90 Å². The molecule has 3 heterocycles. The number of anilines is 1. The van der Waals surface area contributed by atoms with Crippen LogP contribution in [0.3, 0.4) is 0 Å². The molecule has 0 saturated carbocycles. The van der Waals surface area contributed by atoms with Gasteiger partial charge in [-0.2, -0.15) is 0 Å². The lowest BCUT2D eigenvalue weighted by molar-refractivity contribution is -0.117. The van der Waals surface area contributed by atoms with Gasteiger partial charge in [-0.25, -0.2) is 9.37 Å². The number of fused-ring (bicyclic) bond motifs is 1. The van der Waals surface area contributed by atoms with Gasteiger partial charge < -0.3 is 9.52 Å². The molecule has 0 spiro atoms. The van der Waals surface area contributed by atoms with Crippen LogP contribution in [0.15, 0.2) is 70.3 Å². The molecule has 0 radical (unpaired) electrons. The molecule has 2 aromatic heterocycles. The fraction of sp³-hybridized carbons (Fsp3) is 0.120. The molecule has 170 valence electrons. The number of thiazole rings is 1. The first kappa shape index (κ1) is 21.7. The molecule has 0 saturated heterocycles. The topological polar surface area (TPSA) is 101 Å². The summed E-state index contributed by atoms with van der Waals surface area (Å²) >= 11 is 0.983. The molecule has 2 aromatic carbocycles. The molecule has 1 atom stereocenters. The lowest BCUT2D eigenvalue weighted by Gasteiger charge is -2.24. The second-order valence-corrected chi connectivity index (χ2v) is 8.81. The molecule has 0 aliphatic carbocycles. The standard InChI is InChI=1S/C25H17FN2O5S/c1-12-23(13(2)29)34-25(27-12)28-20(14-7-9-16(26)10-8-14)19(22(31)24(28)32)21(30)18-11-15-5-3-4-6-17(15)33-18/h3-11,20,31H,1-2H3/t20-/m0/s1. The molecule has 1 amide bonds. The number of benzene rings is 2. The van der Waals surface area contributed by atoms with Crippen molar-refractivity contribution in [3.63, 3.8) is 0 Å². The van der Waals surface area contributed by atoms with Gasteiger partial charge in [-0.15, -0.1) is 0 Å². The Kier molecular flexibility index (Phi) is 5.13. The van der Waals surface area contributed by atoms with E-state index in [1.807, 2.05) is 0 Å². The highest BCUT2D eigenvalue weighted by atomic mass is 32.1. The van der Waals surface area contributed by atoms with Crippen molar-refractivity contribution < 1.29 is 28.3 Å². The highest BCUT2D eigenvalue weighted by Crippen LogP contribution is 2.44. The largest absolute Gasteiger partial charge is 0.503 e. The number of carbonyl (C=O) groups excluding carboxylic acids is 3. The summed E-state index contributed by atoms with van der Waals surface area (Å²) in [4.78, 5) is 44.6. The zero-order valence-electron chi connectivity index (χ0n) is 18.0. The molecule has 34 heavy (non-hydrogen) atoms. The van der Waals surface area contributed by atoms with Gasteiger partial charge in [-0.05, 0) is 36.8 Å². The Bertz CT molecular complexity index is 1480. The van der Waals surface area contributed by atoms with Crippen LogP contribution in [0.25, 0.3) is 11.0 Å². The summed E-state index contributed by atoms with van der Waals surface area (Å²) in [5, 5.41) is 11.7. The Labute approximate surface area is 196 Å². The number of amides is 1. The highest BCUT2D eigenvalue weighted by Gasteiger charge is 2.46. The van der Waals surface area contributed by atoms with E-state index in [4.69, 9.17) is 4.42 Å². The van der Waals surface area contributed by atoms with Crippen molar-refractivity contribution in [1.29, 1.82) is 0 Å². The third-order valence-corrected chi connectivity index (χ3v) is 6.86. The average Bonchev–Trinajstić information content (AvgIpc) is 3.48. The molecule has 0 fully saturated rings. The number of halogens is 1. The fourth-order valence-corrected chi connectivity index (χ4v) is 5.02. The van der Waals surface area contributed by atoms with Gasteiger partial charge in [0.05, 0.1) is 22.2 Å². The maximum atomic E-state index is 13.7. The van der Waals surface area contributed by atoms with Crippen molar-refractivity contribution in [2.24, 2.45) is 0 Å². The van der Waals surface area contributed by atoms with Crippen molar-refractivity contribution in [3.8, 4) is 0 Å². The first-order valence-electron chi connectivity index (χ1n) is 10.3. The molecule has 0 bridgehead atoms. The Morgan fingerprint density at radius 1 is 1.15 bits per heavy atom. The van der Waals surface area contributed by atoms with E-state index >= 15 is 0 Å². The predicted octanol–water partition coefficient (Wildman–Crippen LogP) is 5.32. The van der Waals surface area contributed by atoms with E-state index in [1.165, 1.54) is 37.3 Å². The number of Topliss-reactive ketones (excluding diaryl/α,β-unsaturated/α-hetero) is 2. The fourth-order valence-electron chi connectivity index (χ4n) is 4.03. The SMILES string of the molecule is CC(=O)c1sc(N2C(=O)C(O)=C(C(=O)c3cc4ccccc4o3)[C@@H]2c2ccc(F)cc2)nc1C. The molecular formula is C25H17FN2O5S. The summed E-state index contributed by atoms with van der Waals surface area (Å²) in [6.07, 6.45) is 0. The van der Waals surface area contributed by atoms with Crippen LogP contribution >= 0.6 is 11.3 Å². The number of carbonyl (C=O) groups is 3. The third kappa shape index (κ3) is 3.41. The Morgan fingerprint density at radius 3 is 2.50 bits per heavy atom. The van der Waals surface area contributed by atoms with E-state index in [2.05, 4.69) is 4.98 Å². The number of aromatic nitrogens is 1. The Balaban J connectivity index is 1.67. The first-order valence-corrected chi connectivity index (χ1v) is 11.1. The van der Waals surface area contributed by atoms with Gasteiger partial charge in [-0.3, -0.25) is 19.3 Å². The lowest BCUT2D eigenvalue weighted by Crippen LogP contribution is -2.31. The highest BCUT2D eigenvalue weighted by molar-refractivity contribution is 7.17. The van der Waals surface area contributed by atoms with Gasteiger partial charge in [0.25, 0.3) is 5.91 Å². The van der Waals surface area contributed by atoms with Crippen LogP contribution in [-0.4, -0.2) is 27.6 Å². The third-order valence-electron chi connectivity index (χ3n) is 5.60. The van der Waals surface area contributed by atoms with E-state index in [0.717, 1.165) is 16.2 Å². The zero-order chi connectivity index (χ0) is 24.1. The minimum atomic E-state index is -1.10. The minimum absolute atomic E-state index is 0.0516. The summed E-state index contributed by atoms with van der Waals surface area (Å²) in [5.41, 5.74) is 1.07. The maximum absolute atomic E-state index is 13.7. The van der Waals surface area contributed by atoms with Gasteiger partial charge in [0, 0.05) is 12.3 Å². The van der Waals surface area contributed by atoms with Crippen LogP contribution in [0, 0.1) is 12.7 Å². The summed E-state index contributed by atoms with van der Waals surface area (Å²) < 4.78 is 19.3. The van der Waals surface area contributed by atoms with Crippen molar-refractivity contribution in [2.45, 2.75) is 19.9 Å². The number of furan rings is 1. The monoisotopic (exact) mass is 476 g/mol. The second-order valence-electron chi connectivity index (χ2n) is 7.84. The molecule has 0 unspecified atom stereocenters. The minimum Gasteiger partial charge on any atom is -0.503 e. The summed E-state index contributed by atoms with van der Waals surface area (Å²) in [5.74, 6) is -3.05. The van der Waals surface area contributed by atoms with Gasteiger partial charge >= 0.3 is 0 Å². The molecular weight excluding hydrogens is 459 g/mol. The van der Waals surface area contributed by atoms with Crippen molar-refractivity contribution in [3.05, 3.63) is 93.6 Å². The van der Waals surface area contributed by atoms with Crippen LogP contribution in [0.1, 0.15) is 44.4 Å². The van der Waals surface area contributed by atoms with E-state index in [1.54, 1.807) is 31.2 Å². The van der Waals surface area contributed by atoms with E-state index < -0.39 is 29.3 Å². The number of nitrogens with zero attached hydrogens (tertiary/aromatic N) is 2. The number of aryl methyl sites for hydroxylation is 1. The number of hydrogen-bond acceptors (Lipinski definition) is 7. The number of ketones is 2. The summed E-state index contributed by atoms with van der Waals surface area (Å²) in [7, 11) is 0. The number of para-hydroxylation sites is 1. The molecule has 5 rings (SSSR count). The molecule has 9 heteroatoms. The van der Waals surface area contributed by atoms with Gasteiger partial charge in [0.2, 0.25) is 5.78 Å². The number of aliphatic hydroxyl groups excluding tert-OH is 1. The van der Waals surface area contributed by atoms with E-state index in [9.17, 15) is 23.9 Å². The number of rotatable bonds is 5. The van der Waals surface area contributed by atoms with Crippen LogP contribution in [0.2, 0.25) is 0 Å². The summed E-state index contributed by atoms with van der Waals surface area (Å²) in [6, 6.07) is 12.7. The van der Waals surface area contributed by atoms with Gasteiger partial charge in [0.1, 0.15) is 11.4 Å². The Hall–Kier alpha value is -4.11. The van der Waals surface area contributed by atoms with Gasteiger partial charge in [0.15, 0.2) is 22.4 Å². The zero-order valence-corrected chi connectivity index (χ0v) is 18.9. The lowest BCUT2D eigenvalue weighted by atomic mass is 9.95. The quantitative estimate of drug-likeness (QED) is 0.391. The van der Waals surface area contributed by atoms with Crippen LogP contribution in [0.4, 0.5) is 9.52 Å². The molecule has 1 N–H and O–H groups in total. The second kappa shape index (κ2) is 8.03. The molecule has 7 nitrogen and oxygen atoms in total. The van der Waals surface area contributed by atoms with Crippen LogP contribution in [-0.2, 0) is 4.79 Å². The smallest absolute Gasteiger partial charge is 0.296 e. The summed E-state index contributed by atoms with van der Waals surface area (Å²) in [6.45, 7) is 3.03. The molecule has 1 aliphatic rings. The van der Waals surface area contributed by atoms with Gasteiger partial charge in [-0.1, -0.05) is 41.7 Å². The maximum Gasteiger partial charge on any atom is 0.296 e. The van der Waals surface area contributed by atoms with Crippen molar-refractivity contribution >= 4 is 44.9 Å². The predicted molar refractivity (Wildman–Crippen MR) is 124 cm³/mol. The van der Waals surface area contributed by atoms with E-state index in [-0.39, 0.29) is 22.2 Å². The average molecular weight is 476 g/mol. The molecule has 1 aliphatic heterocycles.